The maximum atomic E-state index is 13.2. The van der Waals surface area contributed by atoms with Gasteiger partial charge < -0.3 is 14.6 Å². The summed E-state index contributed by atoms with van der Waals surface area (Å²) in [6, 6.07) is 6.16. The highest BCUT2D eigenvalue weighted by Gasteiger charge is 2.34. The van der Waals surface area contributed by atoms with E-state index in [-0.39, 0.29) is 31.6 Å². The van der Waals surface area contributed by atoms with E-state index >= 15 is 0 Å². The summed E-state index contributed by atoms with van der Waals surface area (Å²) >= 11 is 0. The minimum Gasteiger partial charge on any atom is -0.461 e. The van der Waals surface area contributed by atoms with E-state index in [4.69, 9.17) is 4.42 Å². The Bertz CT molecular complexity index is 1340. The van der Waals surface area contributed by atoms with Crippen molar-refractivity contribution >= 4 is 22.6 Å². The third-order valence-corrected chi connectivity index (χ3v) is 7.15. The number of aromatic nitrogens is 1. The molecule has 1 aromatic carbocycles. The molecule has 38 heavy (non-hydrogen) atoms. The fraction of sp³-hybridized carbons (Fsp3) is 0.462. The molecule has 1 N–H and O–H groups in total. The second-order valence-corrected chi connectivity index (χ2v) is 9.86. The summed E-state index contributed by atoms with van der Waals surface area (Å²) in [7, 11) is 0. The quantitative estimate of drug-likeness (QED) is 0.445. The lowest BCUT2D eigenvalue weighted by Gasteiger charge is -2.32. The highest BCUT2D eigenvalue weighted by atomic mass is 19.4. The molecule has 0 bridgehead atoms. The van der Waals surface area contributed by atoms with Crippen LogP contribution in [0.25, 0.3) is 11.0 Å². The maximum Gasteiger partial charge on any atom is 0.433 e. The van der Waals surface area contributed by atoms with Gasteiger partial charge in [0.1, 0.15) is 17.0 Å². The number of halogens is 6. The van der Waals surface area contributed by atoms with Gasteiger partial charge >= 0.3 is 12.4 Å². The van der Waals surface area contributed by atoms with Crippen molar-refractivity contribution in [2.75, 3.05) is 31.1 Å². The van der Waals surface area contributed by atoms with E-state index in [9.17, 15) is 31.1 Å². The van der Waals surface area contributed by atoms with Crippen LogP contribution >= 0.6 is 0 Å². The van der Waals surface area contributed by atoms with Crippen molar-refractivity contribution < 1.29 is 35.6 Å². The van der Waals surface area contributed by atoms with Gasteiger partial charge in [0, 0.05) is 49.5 Å². The molecule has 5 rings (SSSR count). The molecule has 3 aromatic rings. The number of rotatable bonds is 4. The first-order chi connectivity index (χ1) is 17.9. The summed E-state index contributed by atoms with van der Waals surface area (Å²) in [6.45, 7) is 2.02. The number of aryl methyl sites for hydroxylation is 1. The maximum absolute atomic E-state index is 13.2. The van der Waals surface area contributed by atoms with Gasteiger partial charge in [-0.3, -0.25) is 14.7 Å². The van der Waals surface area contributed by atoms with Crippen molar-refractivity contribution in [2.24, 2.45) is 0 Å². The minimum atomic E-state index is -4.53. The lowest BCUT2D eigenvalue weighted by atomic mass is 10.00. The Labute approximate surface area is 214 Å². The molecule has 0 atom stereocenters. The number of hydrogen-bond donors (Lipinski definition) is 1. The van der Waals surface area contributed by atoms with Crippen LogP contribution in [0.1, 0.15) is 45.8 Å². The van der Waals surface area contributed by atoms with Gasteiger partial charge in [-0.2, -0.15) is 26.3 Å². The summed E-state index contributed by atoms with van der Waals surface area (Å²) in [5.41, 5.74) is 1.98. The molecule has 1 fully saturated rings. The molecule has 0 aliphatic carbocycles. The molecule has 0 spiro atoms. The van der Waals surface area contributed by atoms with Gasteiger partial charge in [-0.25, -0.2) is 0 Å². The van der Waals surface area contributed by atoms with Crippen molar-refractivity contribution in [2.45, 2.75) is 51.1 Å². The number of fused-ring (bicyclic) bond motifs is 2. The fourth-order valence-electron chi connectivity index (χ4n) is 5.25. The fourth-order valence-corrected chi connectivity index (χ4v) is 5.25. The number of likely N-dealkylation sites (tertiary alicyclic amines) is 1. The van der Waals surface area contributed by atoms with Gasteiger partial charge in [-0.1, -0.05) is 0 Å². The summed E-state index contributed by atoms with van der Waals surface area (Å²) in [6.07, 6.45) is -6.15. The number of furan rings is 1. The van der Waals surface area contributed by atoms with E-state index in [2.05, 4.69) is 10.3 Å². The standard InChI is InChI=1S/C26H26F6N4O2/c1-15-23(24(37)34-18-5-7-35(8-6-18)14-25(27,28)29)20-11-19(2-3-21(20)38-15)36-9-4-16-12-33-22(26(30,31)32)10-17(16)13-36/h2-3,10-12,18H,4-9,13-14H2,1H3,(H,34,37). The second kappa shape index (κ2) is 9.79. The third kappa shape index (κ3) is 5.59. The molecule has 12 heteroatoms. The molecule has 0 unspecified atom stereocenters. The summed E-state index contributed by atoms with van der Waals surface area (Å²) in [4.78, 5) is 20.0. The van der Waals surface area contributed by atoms with Gasteiger partial charge in [0.15, 0.2) is 0 Å². The van der Waals surface area contributed by atoms with Crippen LogP contribution in [0, 0.1) is 6.92 Å². The highest BCUT2D eigenvalue weighted by molar-refractivity contribution is 6.08. The van der Waals surface area contributed by atoms with Gasteiger partial charge in [-0.05, 0) is 61.6 Å². The Kier molecular flexibility index (Phi) is 6.79. The van der Waals surface area contributed by atoms with Crippen molar-refractivity contribution in [3.63, 3.8) is 0 Å². The van der Waals surface area contributed by atoms with Crippen LogP contribution in [0.4, 0.5) is 32.0 Å². The average Bonchev–Trinajstić information content (AvgIpc) is 3.18. The van der Waals surface area contributed by atoms with E-state index in [1.807, 2.05) is 4.90 Å². The molecule has 204 valence electrons. The van der Waals surface area contributed by atoms with E-state index < -0.39 is 24.6 Å². The number of hydrogen-bond acceptors (Lipinski definition) is 5. The first kappa shape index (κ1) is 26.3. The zero-order valence-electron chi connectivity index (χ0n) is 20.5. The Morgan fingerprint density at radius 2 is 1.82 bits per heavy atom. The van der Waals surface area contributed by atoms with Gasteiger partial charge in [0.25, 0.3) is 5.91 Å². The van der Waals surface area contributed by atoms with Gasteiger partial charge in [0.05, 0.1) is 12.1 Å². The summed E-state index contributed by atoms with van der Waals surface area (Å²) in [5.74, 6) is 0.0478. The number of carbonyl (C=O) groups excluding carboxylic acids is 1. The Morgan fingerprint density at radius 1 is 1.08 bits per heavy atom. The lowest BCUT2D eigenvalue weighted by molar-refractivity contribution is -0.148. The van der Waals surface area contributed by atoms with Gasteiger partial charge in [0.2, 0.25) is 0 Å². The number of pyridine rings is 1. The lowest BCUT2D eigenvalue weighted by Crippen LogP contribution is -2.47. The molecule has 6 nitrogen and oxygen atoms in total. The first-order valence-electron chi connectivity index (χ1n) is 12.3. The molecule has 2 aliphatic rings. The number of alkyl halides is 6. The first-order valence-corrected chi connectivity index (χ1v) is 12.3. The average molecular weight is 541 g/mol. The normalized spacial score (nSPS) is 17.6. The molecule has 0 saturated carbocycles. The van der Waals surface area contributed by atoms with Crippen LogP contribution in [-0.4, -0.2) is 54.2 Å². The van der Waals surface area contributed by atoms with E-state index in [1.54, 1.807) is 25.1 Å². The van der Waals surface area contributed by atoms with E-state index in [1.165, 1.54) is 11.1 Å². The van der Waals surface area contributed by atoms with Crippen LogP contribution in [0.3, 0.4) is 0 Å². The highest BCUT2D eigenvalue weighted by Crippen LogP contribution is 2.34. The summed E-state index contributed by atoms with van der Waals surface area (Å²) in [5, 5.41) is 3.51. The molecular weight excluding hydrogens is 514 g/mol. The molecule has 1 amide bonds. The predicted molar refractivity (Wildman–Crippen MR) is 128 cm³/mol. The summed E-state index contributed by atoms with van der Waals surface area (Å²) < 4.78 is 83.2. The Hall–Kier alpha value is -3.28. The van der Waals surface area contributed by atoms with E-state index in [0.717, 1.165) is 17.3 Å². The van der Waals surface area contributed by atoms with Crippen molar-refractivity contribution in [1.82, 2.24) is 15.2 Å². The number of nitrogens with one attached hydrogen (secondary N) is 1. The van der Waals surface area contributed by atoms with Crippen LogP contribution < -0.4 is 10.2 Å². The zero-order valence-corrected chi connectivity index (χ0v) is 20.5. The number of anilines is 1. The molecule has 4 heterocycles. The SMILES string of the molecule is Cc1oc2ccc(N3CCc4cnc(C(F)(F)F)cc4C3)cc2c1C(=O)NC1CCN(CC(F)(F)F)CC1. The number of amides is 1. The zero-order chi connectivity index (χ0) is 27.2. The van der Waals surface area contributed by atoms with Gasteiger partial charge in [-0.15, -0.1) is 0 Å². The molecule has 2 aromatic heterocycles. The largest absolute Gasteiger partial charge is 0.461 e. The minimum absolute atomic E-state index is 0.238. The predicted octanol–water partition coefficient (Wildman–Crippen LogP) is 5.47. The second-order valence-electron chi connectivity index (χ2n) is 9.86. The van der Waals surface area contributed by atoms with Crippen LogP contribution in [0.5, 0.6) is 0 Å². The number of nitrogens with zero attached hydrogens (tertiary/aromatic N) is 3. The number of carbonyl (C=O) groups is 1. The topological polar surface area (TPSA) is 61.6 Å². The van der Waals surface area contributed by atoms with E-state index in [0.29, 0.717) is 53.7 Å². The van der Waals surface area contributed by atoms with Crippen molar-refractivity contribution in [3.05, 3.63) is 58.6 Å². The Morgan fingerprint density at radius 3 is 2.50 bits per heavy atom. The van der Waals surface area contributed by atoms with Crippen molar-refractivity contribution in [3.8, 4) is 0 Å². The smallest absolute Gasteiger partial charge is 0.433 e. The Balaban J connectivity index is 1.32. The molecule has 2 aliphatic heterocycles. The monoisotopic (exact) mass is 540 g/mol. The van der Waals surface area contributed by atoms with Crippen LogP contribution in [0.15, 0.2) is 34.9 Å². The third-order valence-electron chi connectivity index (χ3n) is 7.15. The number of piperidine rings is 1. The molecule has 0 radical (unpaired) electrons. The number of benzene rings is 1. The van der Waals surface area contributed by atoms with Crippen LogP contribution in [0.2, 0.25) is 0 Å². The molecule has 1 saturated heterocycles. The van der Waals surface area contributed by atoms with Crippen molar-refractivity contribution in [1.29, 1.82) is 0 Å². The van der Waals surface area contributed by atoms with Crippen LogP contribution in [-0.2, 0) is 19.1 Å². The molecular formula is C26H26F6N4O2.